The van der Waals surface area contributed by atoms with E-state index in [9.17, 15) is 16.8 Å². The van der Waals surface area contributed by atoms with E-state index in [4.69, 9.17) is 4.74 Å². The van der Waals surface area contributed by atoms with E-state index in [1.807, 2.05) is 6.92 Å². The van der Waals surface area contributed by atoms with Gasteiger partial charge in [0.15, 0.2) is 0 Å². The number of benzene rings is 1. The van der Waals surface area contributed by atoms with E-state index in [0.717, 1.165) is 16.9 Å². The molecule has 1 aliphatic heterocycles. The SMILES string of the molecule is COc1ccc(S(=O)(=O)n2nc(C)c(S(=O)(=O)N3CCCC(C)C3)c2C)cc1. The first-order valence-corrected chi connectivity index (χ1v) is 11.9. The van der Waals surface area contributed by atoms with E-state index < -0.39 is 20.0 Å². The van der Waals surface area contributed by atoms with Gasteiger partial charge in [0.1, 0.15) is 10.6 Å². The van der Waals surface area contributed by atoms with Crippen molar-refractivity contribution in [2.24, 2.45) is 5.92 Å². The molecule has 28 heavy (non-hydrogen) atoms. The van der Waals surface area contributed by atoms with E-state index in [-0.39, 0.29) is 27.1 Å². The molecule has 0 spiro atoms. The molecule has 1 aromatic heterocycles. The summed E-state index contributed by atoms with van der Waals surface area (Å²) in [6.07, 6.45) is 1.77. The molecule has 1 atom stereocenters. The molecule has 1 saturated heterocycles. The lowest BCUT2D eigenvalue weighted by Crippen LogP contribution is -2.39. The van der Waals surface area contributed by atoms with E-state index in [1.54, 1.807) is 0 Å². The van der Waals surface area contributed by atoms with Crippen molar-refractivity contribution in [1.82, 2.24) is 13.5 Å². The molecule has 0 bridgehead atoms. The second-order valence-electron chi connectivity index (χ2n) is 7.13. The molecular weight excluding hydrogens is 402 g/mol. The normalized spacial score (nSPS) is 18.9. The number of methoxy groups -OCH3 is 1. The number of aryl methyl sites for hydroxylation is 1. The molecule has 0 amide bonds. The number of hydrogen-bond donors (Lipinski definition) is 0. The number of rotatable bonds is 5. The van der Waals surface area contributed by atoms with Gasteiger partial charge in [-0.15, -0.1) is 0 Å². The maximum Gasteiger partial charge on any atom is 0.283 e. The Balaban J connectivity index is 2.06. The predicted octanol–water partition coefficient (Wildman–Crippen LogP) is 2.17. The highest BCUT2D eigenvalue weighted by Gasteiger charge is 2.35. The minimum Gasteiger partial charge on any atom is -0.497 e. The van der Waals surface area contributed by atoms with Crippen molar-refractivity contribution in [3.63, 3.8) is 0 Å². The van der Waals surface area contributed by atoms with Gasteiger partial charge in [0.05, 0.1) is 23.4 Å². The van der Waals surface area contributed by atoms with Gasteiger partial charge < -0.3 is 4.74 Å². The first-order valence-electron chi connectivity index (χ1n) is 9.05. The molecule has 3 rings (SSSR count). The third kappa shape index (κ3) is 3.56. The Bertz CT molecular complexity index is 1070. The zero-order valence-electron chi connectivity index (χ0n) is 16.4. The number of aromatic nitrogens is 2. The summed E-state index contributed by atoms with van der Waals surface area (Å²) in [5.41, 5.74) is 0.263. The Labute approximate surface area is 166 Å². The third-order valence-corrected chi connectivity index (χ3v) is 8.78. The second-order valence-corrected chi connectivity index (χ2v) is 10.8. The quantitative estimate of drug-likeness (QED) is 0.725. The smallest absolute Gasteiger partial charge is 0.283 e. The average molecular weight is 428 g/mol. The van der Waals surface area contributed by atoms with Crippen LogP contribution < -0.4 is 4.74 Å². The monoisotopic (exact) mass is 427 g/mol. The molecule has 8 nitrogen and oxygen atoms in total. The lowest BCUT2D eigenvalue weighted by Gasteiger charge is -2.30. The maximum atomic E-state index is 13.2. The van der Waals surface area contributed by atoms with Crippen molar-refractivity contribution in [3.05, 3.63) is 35.7 Å². The summed E-state index contributed by atoms with van der Waals surface area (Å²) >= 11 is 0. The van der Waals surface area contributed by atoms with Gasteiger partial charge >= 0.3 is 0 Å². The number of nitrogens with zero attached hydrogens (tertiary/aromatic N) is 3. The average Bonchev–Trinajstić information content (AvgIpc) is 2.97. The van der Waals surface area contributed by atoms with Gasteiger partial charge in [0.2, 0.25) is 10.0 Å². The first-order chi connectivity index (χ1) is 13.1. The van der Waals surface area contributed by atoms with Crippen LogP contribution in [0.3, 0.4) is 0 Å². The van der Waals surface area contributed by atoms with Crippen LogP contribution in [0, 0.1) is 19.8 Å². The van der Waals surface area contributed by atoms with Gasteiger partial charge in [-0.1, -0.05) is 6.92 Å². The zero-order chi connectivity index (χ0) is 20.7. The van der Waals surface area contributed by atoms with Crippen LogP contribution in [0.5, 0.6) is 5.75 Å². The van der Waals surface area contributed by atoms with Crippen LogP contribution in [0.2, 0.25) is 0 Å². The van der Waals surface area contributed by atoms with Gasteiger partial charge in [0.25, 0.3) is 10.0 Å². The lowest BCUT2D eigenvalue weighted by molar-refractivity contribution is 0.281. The molecule has 2 aromatic rings. The number of ether oxygens (including phenoxy) is 1. The van der Waals surface area contributed by atoms with Gasteiger partial charge in [-0.2, -0.15) is 21.9 Å². The number of hydrogen-bond acceptors (Lipinski definition) is 6. The third-order valence-electron chi connectivity index (χ3n) is 4.99. The van der Waals surface area contributed by atoms with Crippen LogP contribution in [0.15, 0.2) is 34.1 Å². The molecule has 0 aliphatic carbocycles. The standard InChI is InChI=1S/C18H25N3O5S2/c1-13-6-5-11-20(12-13)28(24,25)18-14(2)19-21(15(18)3)27(22,23)17-9-7-16(26-4)8-10-17/h7-10,13H,5-6,11-12H2,1-4H3. The molecule has 0 N–H and O–H groups in total. The molecule has 1 aliphatic rings. The fourth-order valence-electron chi connectivity index (χ4n) is 3.55. The first kappa shape index (κ1) is 20.8. The molecule has 0 radical (unpaired) electrons. The van der Waals surface area contributed by atoms with Gasteiger partial charge in [-0.05, 0) is 56.9 Å². The second kappa shape index (κ2) is 7.49. The van der Waals surface area contributed by atoms with Crippen LogP contribution in [-0.2, 0) is 20.0 Å². The summed E-state index contributed by atoms with van der Waals surface area (Å²) in [5.74, 6) is 0.789. The summed E-state index contributed by atoms with van der Waals surface area (Å²) in [4.78, 5) is -0.0203. The Morgan fingerprint density at radius 3 is 2.29 bits per heavy atom. The fraction of sp³-hybridized carbons (Fsp3) is 0.500. The summed E-state index contributed by atoms with van der Waals surface area (Å²) in [6.45, 7) is 5.87. The van der Waals surface area contributed by atoms with Crippen LogP contribution in [0.25, 0.3) is 0 Å². The van der Waals surface area contributed by atoms with Crippen LogP contribution in [0.4, 0.5) is 0 Å². The van der Waals surface area contributed by atoms with Crippen molar-refractivity contribution >= 4 is 20.0 Å². The number of sulfonamides is 1. The van der Waals surface area contributed by atoms with E-state index in [0.29, 0.717) is 18.8 Å². The maximum absolute atomic E-state index is 13.2. The summed E-state index contributed by atoms with van der Waals surface area (Å²) in [5, 5.41) is 4.07. The molecule has 1 unspecified atom stereocenters. The van der Waals surface area contributed by atoms with Gasteiger partial charge in [0, 0.05) is 13.1 Å². The Hall–Kier alpha value is -1.91. The zero-order valence-corrected chi connectivity index (χ0v) is 18.0. The van der Waals surface area contributed by atoms with E-state index in [1.165, 1.54) is 49.5 Å². The molecule has 0 saturated carbocycles. The largest absolute Gasteiger partial charge is 0.497 e. The van der Waals surface area contributed by atoms with E-state index in [2.05, 4.69) is 5.10 Å². The molecule has 1 fully saturated rings. The summed E-state index contributed by atoms with van der Waals surface area (Å²) in [7, 11) is -6.36. The van der Waals surface area contributed by atoms with Crippen LogP contribution >= 0.6 is 0 Å². The molecule has 154 valence electrons. The topological polar surface area (TPSA) is 98.6 Å². The summed E-state index contributed by atoms with van der Waals surface area (Å²) in [6, 6.07) is 5.88. The van der Waals surface area contributed by atoms with Crippen molar-refractivity contribution in [3.8, 4) is 5.75 Å². The van der Waals surface area contributed by atoms with Crippen molar-refractivity contribution in [2.45, 2.75) is 43.4 Å². The van der Waals surface area contributed by atoms with Crippen LogP contribution in [0.1, 0.15) is 31.2 Å². The molecule has 10 heteroatoms. The predicted molar refractivity (Wildman–Crippen MR) is 104 cm³/mol. The Morgan fingerprint density at radius 1 is 1.07 bits per heavy atom. The Morgan fingerprint density at radius 2 is 1.71 bits per heavy atom. The van der Waals surface area contributed by atoms with Gasteiger partial charge in [-0.25, -0.2) is 8.42 Å². The molecule has 1 aromatic carbocycles. The van der Waals surface area contributed by atoms with Crippen molar-refractivity contribution in [1.29, 1.82) is 0 Å². The minimum atomic E-state index is -4.03. The lowest BCUT2D eigenvalue weighted by atomic mass is 10.0. The summed E-state index contributed by atoms with van der Waals surface area (Å²) < 4.78 is 59.7. The van der Waals surface area contributed by atoms with Crippen molar-refractivity contribution in [2.75, 3.05) is 20.2 Å². The molecular formula is C18H25N3O5S2. The Kier molecular flexibility index (Phi) is 5.57. The van der Waals surface area contributed by atoms with E-state index >= 15 is 0 Å². The van der Waals surface area contributed by atoms with Crippen LogP contribution in [-0.4, -0.2) is 50.5 Å². The van der Waals surface area contributed by atoms with Crippen molar-refractivity contribution < 1.29 is 21.6 Å². The fourth-order valence-corrected chi connectivity index (χ4v) is 6.93. The van der Waals surface area contributed by atoms with Gasteiger partial charge in [-0.3, -0.25) is 0 Å². The highest BCUT2D eigenvalue weighted by atomic mass is 32.2. The highest BCUT2D eigenvalue weighted by Crippen LogP contribution is 2.29. The minimum absolute atomic E-state index is 0.00874. The highest BCUT2D eigenvalue weighted by molar-refractivity contribution is 7.90. The number of piperidine rings is 1. The molecule has 2 heterocycles.